The van der Waals surface area contributed by atoms with E-state index in [1.54, 1.807) is 0 Å². The van der Waals surface area contributed by atoms with Crippen LogP contribution < -0.4 is 0 Å². The van der Waals surface area contributed by atoms with E-state index in [-0.39, 0.29) is 6.10 Å². The average molecular weight is 224 g/mol. The molecule has 1 saturated carbocycles. The molecule has 1 aliphatic carbocycles. The summed E-state index contributed by atoms with van der Waals surface area (Å²) in [7, 11) is 0. The quantitative estimate of drug-likeness (QED) is 0.814. The van der Waals surface area contributed by atoms with Crippen molar-refractivity contribution in [2.24, 2.45) is 11.8 Å². The minimum Gasteiger partial charge on any atom is -0.392 e. The van der Waals surface area contributed by atoms with E-state index in [0.29, 0.717) is 5.92 Å². The second-order valence-electron chi connectivity index (χ2n) is 4.69. The highest BCUT2D eigenvalue weighted by atomic mass is 32.1. The molecule has 1 fully saturated rings. The maximum atomic E-state index is 10.1. The fraction of sp³-hybridized carbons (Fsp3) is 0.692. The Morgan fingerprint density at radius 1 is 1.40 bits per heavy atom. The molecule has 1 nitrogen and oxygen atoms in total. The first-order valence-corrected chi connectivity index (χ1v) is 6.78. The third kappa shape index (κ3) is 2.82. The molecule has 0 spiro atoms. The zero-order chi connectivity index (χ0) is 10.8. The molecule has 1 aromatic heterocycles. The summed E-state index contributed by atoms with van der Waals surface area (Å²) >= 11 is 1.85. The molecule has 2 rings (SSSR count). The highest BCUT2D eigenvalue weighted by molar-refractivity contribution is 7.11. The van der Waals surface area contributed by atoms with Crippen molar-refractivity contribution in [3.63, 3.8) is 0 Å². The van der Waals surface area contributed by atoms with E-state index in [4.69, 9.17) is 0 Å². The van der Waals surface area contributed by atoms with Crippen molar-refractivity contribution in [1.82, 2.24) is 0 Å². The van der Waals surface area contributed by atoms with Crippen molar-refractivity contribution in [1.29, 1.82) is 0 Å². The number of aliphatic hydroxyl groups is 1. The molecule has 2 heteroatoms. The molecule has 0 bridgehead atoms. The SMILES string of the molecule is CCc1ccc(CC(O)C(C)C2CC2)s1. The zero-order valence-electron chi connectivity index (χ0n) is 9.57. The van der Waals surface area contributed by atoms with Crippen molar-refractivity contribution in [3.05, 3.63) is 21.9 Å². The van der Waals surface area contributed by atoms with Crippen LogP contribution in [0.2, 0.25) is 0 Å². The summed E-state index contributed by atoms with van der Waals surface area (Å²) in [5, 5.41) is 10.1. The van der Waals surface area contributed by atoms with Gasteiger partial charge in [0, 0.05) is 16.2 Å². The Balaban J connectivity index is 1.89. The van der Waals surface area contributed by atoms with Crippen molar-refractivity contribution < 1.29 is 5.11 Å². The number of hydrogen-bond acceptors (Lipinski definition) is 2. The Labute approximate surface area is 96.1 Å². The second kappa shape index (κ2) is 4.67. The van der Waals surface area contributed by atoms with Gasteiger partial charge >= 0.3 is 0 Å². The van der Waals surface area contributed by atoms with E-state index in [1.807, 2.05) is 11.3 Å². The van der Waals surface area contributed by atoms with Crippen molar-refractivity contribution in [3.8, 4) is 0 Å². The summed E-state index contributed by atoms with van der Waals surface area (Å²) in [6.45, 7) is 4.37. The van der Waals surface area contributed by atoms with Gasteiger partial charge < -0.3 is 5.11 Å². The Kier molecular flexibility index (Phi) is 3.47. The molecule has 1 aromatic rings. The van der Waals surface area contributed by atoms with Crippen LogP contribution in [0.4, 0.5) is 0 Å². The molecule has 1 N–H and O–H groups in total. The molecule has 2 atom stereocenters. The third-order valence-electron chi connectivity index (χ3n) is 3.45. The van der Waals surface area contributed by atoms with Gasteiger partial charge in [-0.15, -0.1) is 11.3 Å². The van der Waals surface area contributed by atoms with Gasteiger partial charge in [-0.25, -0.2) is 0 Å². The zero-order valence-corrected chi connectivity index (χ0v) is 10.4. The van der Waals surface area contributed by atoms with Gasteiger partial charge in [-0.2, -0.15) is 0 Å². The molecule has 0 aliphatic heterocycles. The van der Waals surface area contributed by atoms with E-state index in [1.165, 1.54) is 22.6 Å². The molecular weight excluding hydrogens is 204 g/mol. The maximum absolute atomic E-state index is 10.1. The molecule has 0 aromatic carbocycles. The lowest BCUT2D eigenvalue weighted by atomic mass is 9.96. The Bertz CT molecular complexity index is 314. The van der Waals surface area contributed by atoms with Crippen LogP contribution in [0.5, 0.6) is 0 Å². The van der Waals surface area contributed by atoms with Crippen LogP contribution in [0.25, 0.3) is 0 Å². The van der Waals surface area contributed by atoms with Crippen LogP contribution >= 0.6 is 11.3 Å². The smallest absolute Gasteiger partial charge is 0.0616 e. The van der Waals surface area contributed by atoms with Crippen LogP contribution in [0.15, 0.2) is 12.1 Å². The van der Waals surface area contributed by atoms with Crippen LogP contribution in [0, 0.1) is 11.8 Å². The number of hydrogen-bond donors (Lipinski definition) is 1. The van der Waals surface area contributed by atoms with Gasteiger partial charge in [0.05, 0.1) is 6.10 Å². The van der Waals surface area contributed by atoms with Gasteiger partial charge in [-0.05, 0) is 43.2 Å². The van der Waals surface area contributed by atoms with Gasteiger partial charge in [0.25, 0.3) is 0 Å². The second-order valence-corrected chi connectivity index (χ2v) is 5.94. The number of thiophene rings is 1. The first kappa shape index (κ1) is 11.2. The van der Waals surface area contributed by atoms with Gasteiger partial charge in [0.15, 0.2) is 0 Å². The fourth-order valence-corrected chi connectivity index (χ4v) is 3.06. The van der Waals surface area contributed by atoms with E-state index in [2.05, 4.69) is 26.0 Å². The summed E-state index contributed by atoms with van der Waals surface area (Å²) in [4.78, 5) is 2.77. The highest BCUT2D eigenvalue weighted by Crippen LogP contribution is 2.39. The van der Waals surface area contributed by atoms with Crippen LogP contribution in [-0.2, 0) is 12.8 Å². The minimum absolute atomic E-state index is 0.138. The molecular formula is C13H20OS. The summed E-state index contributed by atoms with van der Waals surface area (Å²) in [5.74, 6) is 1.28. The Hall–Kier alpha value is -0.340. The summed E-state index contributed by atoms with van der Waals surface area (Å²) < 4.78 is 0. The monoisotopic (exact) mass is 224 g/mol. The average Bonchev–Trinajstić information content (AvgIpc) is 2.98. The van der Waals surface area contributed by atoms with Crippen molar-refractivity contribution in [2.75, 3.05) is 0 Å². The van der Waals surface area contributed by atoms with E-state index in [9.17, 15) is 5.11 Å². The molecule has 84 valence electrons. The molecule has 1 aliphatic rings. The first-order chi connectivity index (χ1) is 7.20. The van der Waals surface area contributed by atoms with Gasteiger partial charge in [0.1, 0.15) is 0 Å². The third-order valence-corrected chi connectivity index (χ3v) is 4.70. The normalized spacial score (nSPS) is 20.2. The van der Waals surface area contributed by atoms with Crippen LogP contribution in [0.3, 0.4) is 0 Å². The number of rotatable bonds is 5. The predicted octanol–water partition coefficient (Wildman–Crippen LogP) is 3.26. The number of aryl methyl sites for hydroxylation is 1. The van der Waals surface area contributed by atoms with Crippen molar-refractivity contribution >= 4 is 11.3 Å². The Morgan fingerprint density at radius 2 is 2.07 bits per heavy atom. The lowest BCUT2D eigenvalue weighted by Gasteiger charge is -2.17. The molecule has 15 heavy (non-hydrogen) atoms. The molecule has 0 amide bonds. The first-order valence-electron chi connectivity index (χ1n) is 5.96. The van der Waals surface area contributed by atoms with E-state index in [0.717, 1.165) is 18.8 Å². The highest BCUT2D eigenvalue weighted by Gasteiger charge is 2.32. The minimum atomic E-state index is -0.138. The topological polar surface area (TPSA) is 20.2 Å². The summed E-state index contributed by atoms with van der Waals surface area (Å²) in [6.07, 6.45) is 4.47. The molecule has 0 saturated heterocycles. The van der Waals surface area contributed by atoms with Gasteiger partial charge in [-0.1, -0.05) is 13.8 Å². The molecule has 1 heterocycles. The Morgan fingerprint density at radius 3 is 2.60 bits per heavy atom. The molecule has 0 radical (unpaired) electrons. The van der Waals surface area contributed by atoms with Crippen LogP contribution in [-0.4, -0.2) is 11.2 Å². The lowest BCUT2D eigenvalue weighted by molar-refractivity contribution is 0.106. The summed E-state index contributed by atoms with van der Waals surface area (Å²) in [5.41, 5.74) is 0. The van der Waals surface area contributed by atoms with Crippen LogP contribution in [0.1, 0.15) is 36.4 Å². The van der Waals surface area contributed by atoms with Gasteiger partial charge in [0.2, 0.25) is 0 Å². The standard InChI is InChI=1S/C13H20OS/c1-3-11-6-7-12(15-11)8-13(14)9(2)10-4-5-10/h6-7,9-10,13-14H,3-5,8H2,1-2H3. The fourth-order valence-electron chi connectivity index (χ4n) is 2.05. The van der Waals surface area contributed by atoms with E-state index >= 15 is 0 Å². The molecule has 2 unspecified atom stereocenters. The van der Waals surface area contributed by atoms with Gasteiger partial charge in [-0.3, -0.25) is 0 Å². The maximum Gasteiger partial charge on any atom is 0.0616 e. The summed E-state index contributed by atoms with van der Waals surface area (Å²) in [6, 6.07) is 4.36. The predicted molar refractivity (Wildman–Crippen MR) is 65.3 cm³/mol. The van der Waals surface area contributed by atoms with E-state index < -0.39 is 0 Å². The lowest BCUT2D eigenvalue weighted by Crippen LogP contribution is -2.21. The number of aliphatic hydroxyl groups excluding tert-OH is 1. The van der Waals surface area contributed by atoms with Crippen molar-refractivity contribution in [2.45, 2.75) is 45.6 Å². The largest absolute Gasteiger partial charge is 0.392 e.